The Hall–Kier alpha value is -2.68. The minimum absolute atomic E-state index is 0.245. The Morgan fingerprint density at radius 1 is 1.14 bits per heavy atom. The Labute approximate surface area is 174 Å². The van der Waals surface area contributed by atoms with E-state index in [9.17, 15) is 4.79 Å². The zero-order valence-electron chi connectivity index (χ0n) is 14.7. The first kappa shape index (κ1) is 18.7. The van der Waals surface area contributed by atoms with Gasteiger partial charge in [-0.1, -0.05) is 23.7 Å². The summed E-state index contributed by atoms with van der Waals surface area (Å²) in [6, 6.07) is 14.9. The minimum atomic E-state index is -0.245. The molecule has 4 rings (SSSR count). The Morgan fingerprint density at radius 3 is 2.57 bits per heavy atom. The molecule has 0 fully saturated rings. The maximum atomic E-state index is 12.5. The summed E-state index contributed by atoms with van der Waals surface area (Å²) < 4.78 is 1.85. The molecule has 2 aromatic heterocycles. The number of benzene rings is 2. The third-order valence-electron chi connectivity index (χ3n) is 3.82. The standard InChI is InChI=1S/C19H14ClN5OS2/c1-25-11-21-24-19(25)28-15-8-6-14(7-9-15)22-17(26)16-10-27-18(23-16)12-2-4-13(20)5-3-12/h2-11H,1H3,(H,22,26). The molecule has 0 bridgehead atoms. The number of rotatable bonds is 5. The lowest BCUT2D eigenvalue weighted by molar-refractivity contribution is 0.102. The molecule has 0 atom stereocenters. The lowest BCUT2D eigenvalue weighted by Gasteiger charge is -2.05. The first-order chi connectivity index (χ1) is 13.6. The van der Waals surface area contributed by atoms with Gasteiger partial charge in [-0.15, -0.1) is 21.5 Å². The first-order valence-electron chi connectivity index (χ1n) is 8.23. The molecule has 0 aliphatic rings. The maximum Gasteiger partial charge on any atom is 0.275 e. The number of aromatic nitrogens is 4. The van der Waals surface area contributed by atoms with Crippen LogP contribution in [0.1, 0.15) is 10.5 Å². The largest absolute Gasteiger partial charge is 0.321 e. The average Bonchev–Trinajstić information content (AvgIpc) is 3.34. The summed E-state index contributed by atoms with van der Waals surface area (Å²) >= 11 is 8.84. The van der Waals surface area contributed by atoms with Gasteiger partial charge in [-0.2, -0.15) is 0 Å². The second-order valence-corrected chi connectivity index (χ2v) is 8.18. The molecule has 0 unspecified atom stereocenters. The zero-order valence-corrected chi connectivity index (χ0v) is 17.1. The van der Waals surface area contributed by atoms with Gasteiger partial charge in [0.05, 0.1) is 0 Å². The summed E-state index contributed by atoms with van der Waals surface area (Å²) in [5.74, 6) is -0.245. The van der Waals surface area contributed by atoms with Crippen LogP contribution in [0.3, 0.4) is 0 Å². The number of halogens is 1. The predicted octanol–water partition coefficient (Wildman–Crippen LogP) is 5.00. The second-order valence-electron chi connectivity index (χ2n) is 5.85. The molecule has 2 aromatic carbocycles. The van der Waals surface area contributed by atoms with Crippen LogP contribution in [0.2, 0.25) is 5.02 Å². The van der Waals surface area contributed by atoms with Crippen molar-refractivity contribution in [1.29, 1.82) is 0 Å². The fourth-order valence-corrected chi connectivity index (χ4v) is 4.07. The van der Waals surface area contributed by atoms with Gasteiger partial charge in [-0.05, 0) is 48.2 Å². The Morgan fingerprint density at radius 2 is 1.89 bits per heavy atom. The fourth-order valence-electron chi connectivity index (χ4n) is 2.37. The van der Waals surface area contributed by atoms with Crippen molar-refractivity contribution < 1.29 is 4.79 Å². The number of anilines is 1. The van der Waals surface area contributed by atoms with Crippen molar-refractivity contribution >= 4 is 46.3 Å². The van der Waals surface area contributed by atoms with Gasteiger partial charge in [0, 0.05) is 33.6 Å². The summed E-state index contributed by atoms with van der Waals surface area (Å²) in [7, 11) is 1.89. The third kappa shape index (κ3) is 4.24. The van der Waals surface area contributed by atoms with E-state index in [0.29, 0.717) is 16.4 Å². The number of nitrogens with one attached hydrogen (secondary N) is 1. The molecule has 4 aromatic rings. The van der Waals surface area contributed by atoms with Gasteiger partial charge in [-0.25, -0.2) is 4.98 Å². The SMILES string of the molecule is Cn1cnnc1Sc1ccc(NC(=O)c2csc(-c3ccc(Cl)cc3)n2)cc1. The van der Waals surface area contributed by atoms with Crippen LogP contribution in [-0.4, -0.2) is 25.7 Å². The van der Waals surface area contributed by atoms with Crippen LogP contribution in [-0.2, 0) is 7.05 Å². The second kappa shape index (κ2) is 8.14. The number of aryl methyl sites for hydroxylation is 1. The molecular formula is C19H14ClN5OS2. The number of hydrogen-bond donors (Lipinski definition) is 1. The Bertz CT molecular complexity index is 1110. The summed E-state index contributed by atoms with van der Waals surface area (Å²) in [4.78, 5) is 17.9. The third-order valence-corrected chi connectivity index (χ3v) is 6.02. The van der Waals surface area contributed by atoms with Crippen LogP contribution in [0, 0.1) is 0 Å². The molecule has 1 amide bonds. The average molecular weight is 428 g/mol. The molecule has 0 aliphatic heterocycles. The van der Waals surface area contributed by atoms with Crippen molar-refractivity contribution in [3.63, 3.8) is 0 Å². The highest BCUT2D eigenvalue weighted by molar-refractivity contribution is 7.99. The topological polar surface area (TPSA) is 72.7 Å². The van der Waals surface area contributed by atoms with Gasteiger partial charge in [0.15, 0.2) is 5.16 Å². The van der Waals surface area contributed by atoms with E-state index in [-0.39, 0.29) is 5.91 Å². The maximum absolute atomic E-state index is 12.5. The molecule has 0 aliphatic carbocycles. The summed E-state index contributed by atoms with van der Waals surface area (Å²) in [6.45, 7) is 0. The van der Waals surface area contributed by atoms with E-state index < -0.39 is 0 Å². The molecule has 6 nitrogen and oxygen atoms in total. The molecular weight excluding hydrogens is 414 g/mol. The van der Waals surface area contributed by atoms with Gasteiger partial charge >= 0.3 is 0 Å². The van der Waals surface area contributed by atoms with Crippen molar-refractivity contribution in [3.05, 3.63) is 71.0 Å². The van der Waals surface area contributed by atoms with Gasteiger partial charge in [0.1, 0.15) is 17.0 Å². The van der Waals surface area contributed by atoms with E-state index in [0.717, 1.165) is 20.6 Å². The van der Waals surface area contributed by atoms with Crippen LogP contribution >= 0.6 is 34.7 Å². The molecule has 140 valence electrons. The fraction of sp³-hybridized carbons (Fsp3) is 0.0526. The smallest absolute Gasteiger partial charge is 0.275 e. The van der Waals surface area contributed by atoms with Gasteiger partial charge < -0.3 is 9.88 Å². The quantitative estimate of drug-likeness (QED) is 0.485. The highest BCUT2D eigenvalue weighted by atomic mass is 35.5. The molecule has 0 saturated heterocycles. The van der Waals surface area contributed by atoms with Crippen molar-refractivity contribution in [2.45, 2.75) is 10.1 Å². The first-order valence-corrected chi connectivity index (χ1v) is 10.3. The van der Waals surface area contributed by atoms with Crippen LogP contribution in [0.25, 0.3) is 10.6 Å². The zero-order chi connectivity index (χ0) is 19.5. The van der Waals surface area contributed by atoms with Gasteiger partial charge in [0.25, 0.3) is 5.91 Å². The molecule has 0 radical (unpaired) electrons. The van der Waals surface area contributed by atoms with Gasteiger partial charge in [0.2, 0.25) is 0 Å². The molecule has 28 heavy (non-hydrogen) atoms. The number of carbonyl (C=O) groups is 1. The molecule has 9 heteroatoms. The minimum Gasteiger partial charge on any atom is -0.321 e. The summed E-state index contributed by atoms with van der Waals surface area (Å²) in [6.07, 6.45) is 1.66. The number of thiazole rings is 1. The lowest BCUT2D eigenvalue weighted by atomic mass is 10.2. The van der Waals surface area contributed by atoms with Crippen molar-refractivity contribution in [3.8, 4) is 10.6 Å². The van der Waals surface area contributed by atoms with Crippen LogP contribution in [0.4, 0.5) is 5.69 Å². The molecule has 1 N–H and O–H groups in total. The van der Waals surface area contributed by atoms with E-state index in [1.165, 1.54) is 23.1 Å². The van der Waals surface area contributed by atoms with E-state index in [1.807, 2.05) is 48.0 Å². The number of nitrogens with zero attached hydrogens (tertiary/aromatic N) is 4. The number of amides is 1. The number of hydrogen-bond acceptors (Lipinski definition) is 6. The van der Waals surface area contributed by atoms with E-state index in [1.54, 1.807) is 23.8 Å². The van der Waals surface area contributed by atoms with Crippen LogP contribution < -0.4 is 5.32 Å². The van der Waals surface area contributed by atoms with Gasteiger partial charge in [-0.3, -0.25) is 4.79 Å². The van der Waals surface area contributed by atoms with Crippen LogP contribution in [0.15, 0.2) is 70.3 Å². The monoisotopic (exact) mass is 427 g/mol. The number of carbonyl (C=O) groups excluding carboxylic acids is 1. The van der Waals surface area contributed by atoms with E-state index in [4.69, 9.17) is 11.6 Å². The van der Waals surface area contributed by atoms with Crippen molar-refractivity contribution in [1.82, 2.24) is 19.7 Å². The predicted molar refractivity (Wildman–Crippen MR) is 112 cm³/mol. The summed E-state index contributed by atoms with van der Waals surface area (Å²) in [5.41, 5.74) is 2.01. The van der Waals surface area contributed by atoms with E-state index in [2.05, 4.69) is 20.5 Å². The highest BCUT2D eigenvalue weighted by Gasteiger charge is 2.12. The summed E-state index contributed by atoms with van der Waals surface area (Å²) in [5, 5.41) is 14.8. The molecule has 0 spiro atoms. The van der Waals surface area contributed by atoms with Crippen molar-refractivity contribution in [2.75, 3.05) is 5.32 Å². The Kier molecular flexibility index (Phi) is 5.43. The van der Waals surface area contributed by atoms with E-state index >= 15 is 0 Å². The lowest BCUT2D eigenvalue weighted by Crippen LogP contribution is -2.12. The Balaban J connectivity index is 1.42. The normalized spacial score (nSPS) is 10.8. The molecule has 2 heterocycles. The van der Waals surface area contributed by atoms with Crippen LogP contribution in [0.5, 0.6) is 0 Å². The molecule has 0 saturated carbocycles. The van der Waals surface area contributed by atoms with Crippen molar-refractivity contribution in [2.24, 2.45) is 7.05 Å². The highest BCUT2D eigenvalue weighted by Crippen LogP contribution is 2.27.